The van der Waals surface area contributed by atoms with E-state index in [1.165, 1.54) is 22.4 Å². The maximum atomic E-state index is 5.97. The van der Waals surface area contributed by atoms with Crippen LogP contribution >= 0.6 is 0 Å². The monoisotopic (exact) mass is 268 g/mol. The third-order valence-electron chi connectivity index (χ3n) is 3.77. The van der Waals surface area contributed by atoms with Crippen molar-refractivity contribution in [3.63, 3.8) is 0 Å². The molecule has 2 aromatic rings. The normalized spacial score (nSPS) is 12.2. The Kier molecular flexibility index (Phi) is 4.80. The molecule has 0 aromatic heterocycles. The number of nitrogens with two attached hydrogens (primary N) is 1. The van der Waals surface area contributed by atoms with Crippen LogP contribution in [0.25, 0.3) is 0 Å². The predicted octanol–water partition coefficient (Wildman–Crippen LogP) is 3.35. The zero-order valence-corrected chi connectivity index (χ0v) is 12.6. The van der Waals surface area contributed by atoms with E-state index >= 15 is 0 Å². The van der Waals surface area contributed by atoms with Gasteiger partial charge in [0.15, 0.2) is 0 Å². The summed E-state index contributed by atoms with van der Waals surface area (Å²) in [5.74, 6) is 0.383. The minimum Gasteiger partial charge on any atom is -0.378 e. The van der Waals surface area contributed by atoms with Crippen molar-refractivity contribution >= 4 is 5.69 Å². The first-order valence-corrected chi connectivity index (χ1v) is 7.13. The standard InChI is InChI=1S/C18H24N2/c1-14-4-6-15(7-5-14)12-17(13-19)16-8-10-18(11-9-16)20(2)3/h4-11,17H,12-13,19H2,1-3H3. The largest absolute Gasteiger partial charge is 0.378 e. The van der Waals surface area contributed by atoms with Crippen LogP contribution in [0.2, 0.25) is 0 Å². The number of aryl methyl sites for hydroxylation is 1. The Balaban J connectivity index is 2.13. The summed E-state index contributed by atoms with van der Waals surface area (Å²) in [5.41, 5.74) is 11.2. The second kappa shape index (κ2) is 6.58. The summed E-state index contributed by atoms with van der Waals surface area (Å²) in [6, 6.07) is 17.4. The number of hydrogen-bond donors (Lipinski definition) is 1. The van der Waals surface area contributed by atoms with Gasteiger partial charge < -0.3 is 10.6 Å². The summed E-state index contributed by atoms with van der Waals surface area (Å²) in [7, 11) is 4.11. The average molecular weight is 268 g/mol. The molecular weight excluding hydrogens is 244 g/mol. The van der Waals surface area contributed by atoms with E-state index in [1.54, 1.807) is 0 Å². The molecule has 0 bridgehead atoms. The van der Waals surface area contributed by atoms with E-state index in [-0.39, 0.29) is 0 Å². The zero-order chi connectivity index (χ0) is 14.5. The Bertz CT molecular complexity index is 526. The predicted molar refractivity (Wildman–Crippen MR) is 87.4 cm³/mol. The van der Waals surface area contributed by atoms with Gasteiger partial charge in [-0.25, -0.2) is 0 Å². The molecule has 0 saturated carbocycles. The first-order valence-electron chi connectivity index (χ1n) is 7.13. The lowest BCUT2D eigenvalue weighted by Gasteiger charge is -2.18. The van der Waals surface area contributed by atoms with Gasteiger partial charge in [-0.05, 0) is 43.1 Å². The quantitative estimate of drug-likeness (QED) is 0.901. The molecule has 0 radical (unpaired) electrons. The molecule has 2 nitrogen and oxygen atoms in total. The second-order valence-electron chi connectivity index (χ2n) is 5.61. The zero-order valence-electron chi connectivity index (χ0n) is 12.6. The highest BCUT2D eigenvalue weighted by molar-refractivity contribution is 5.46. The minimum atomic E-state index is 0.383. The molecule has 1 atom stereocenters. The van der Waals surface area contributed by atoms with Crippen molar-refractivity contribution in [2.45, 2.75) is 19.3 Å². The summed E-state index contributed by atoms with van der Waals surface area (Å²) >= 11 is 0. The van der Waals surface area contributed by atoms with Crippen LogP contribution in [0.3, 0.4) is 0 Å². The first-order chi connectivity index (χ1) is 9.60. The van der Waals surface area contributed by atoms with Crippen molar-refractivity contribution in [3.05, 3.63) is 65.2 Å². The van der Waals surface area contributed by atoms with E-state index in [1.807, 2.05) is 0 Å². The van der Waals surface area contributed by atoms with Crippen LogP contribution < -0.4 is 10.6 Å². The van der Waals surface area contributed by atoms with Crippen LogP contribution in [0.4, 0.5) is 5.69 Å². The lowest BCUT2D eigenvalue weighted by Crippen LogP contribution is -2.15. The molecular formula is C18H24N2. The molecule has 0 spiro atoms. The van der Waals surface area contributed by atoms with Gasteiger partial charge in [0.2, 0.25) is 0 Å². The van der Waals surface area contributed by atoms with Gasteiger partial charge in [-0.2, -0.15) is 0 Å². The van der Waals surface area contributed by atoms with Crippen LogP contribution in [-0.2, 0) is 6.42 Å². The van der Waals surface area contributed by atoms with Gasteiger partial charge in [0, 0.05) is 25.7 Å². The summed E-state index contributed by atoms with van der Waals surface area (Å²) in [4.78, 5) is 2.11. The van der Waals surface area contributed by atoms with E-state index < -0.39 is 0 Å². The number of hydrogen-bond acceptors (Lipinski definition) is 2. The lowest BCUT2D eigenvalue weighted by atomic mass is 9.91. The summed E-state index contributed by atoms with van der Waals surface area (Å²) < 4.78 is 0. The SMILES string of the molecule is Cc1ccc(CC(CN)c2ccc(N(C)C)cc2)cc1. The molecule has 0 fully saturated rings. The van der Waals surface area contributed by atoms with Crippen molar-refractivity contribution in [1.29, 1.82) is 0 Å². The van der Waals surface area contributed by atoms with Gasteiger partial charge in [0.1, 0.15) is 0 Å². The van der Waals surface area contributed by atoms with Gasteiger partial charge in [0.25, 0.3) is 0 Å². The molecule has 2 heteroatoms. The van der Waals surface area contributed by atoms with Crippen molar-refractivity contribution in [1.82, 2.24) is 0 Å². The third kappa shape index (κ3) is 3.61. The minimum absolute atomic E-state index is 0.383. The van der Waals surface area contributed by atoms with Crippen LogP contribution in [0.5, 0.6) is 0 Å². The third-order valence-corrected chi connectivity index (χ3v) is 3.77. The Morgan fingerprint density at radius 1 is 0.950 bits per heavy atom. The van der Waals surface area contributed by atoms with Crippen LogP contribution in [0.1, 0.15) is 22.6 Å². The molecule has 2 N–H and O–H groups in total. The molecule has 20 heavy (non-hydrogen) atoms. The molecule has 1 unspecified atom stereocenters. The molecule has 2 aromatic carbocycles. The highest BCUT2D eigenvalue weighted by Crippen LogP contribution is 2.22. The van der Waals surface area contributed by atoms with Gasteiger partial charge in [-0.1, -0.05) is 42.0 Å². The maximum absolute atomic E-state index is 5.97. The van der Waals surface area contributed by atoms with Crippen molar-refractivity contribution < 1.29 is 0 Å². The van der Waals surface area contributed by atoms with Gasteiger partial charge in [-0.3, -0.25) is 0 Å². The molecule has 2 rings (SSSR count). The summed E-state index contributed by atoms with van der Waals surface area (Å²) in [6.45, 7) is 2.79. The number of rotatable bonds is 5. The van der Waals surface area contributed by atoms with Crippen molar-refractivity contribution in [3.8, 4) is 0 Å². The number of nitrogens with zero attached hydrogens (tertiary/aromatic N) is 1. The van der Waals surface area contributed by atoms with Crippen LogP contribution in [0, 0.1) is 6.92 Å². The first kappa shape index (κ1) is 14.6. The Morgan fingerprint density at radius 3 is 2.05 bits per heavy atom. The van der Waals surface area contributed by atoms with E-state index in [2.05, 4.69) is 74.4 Å². The van der Waals surface area contributed by atoms with E-state index in [4.69, 9.17) is 5.73 Å². The van der Waals surface area contributed by atoms with E-state index in [9.17, 15) is 0 Å². The van der Waals surface area contributed by atoms with Gasteiger partial charge in [-0.15, -0.1) is 0 Å². The van der Waals surface area contributed by atoms with E-state index in [0.29, 0.717) is 12.5 Å². The Labute approximate surface area is 122 Å². The lowest BCUT2D eigenvalue weighted by molar-refractivity contribution is 0.694. The van der Waals surface area contributed by atoms with E-state index in [0.717, 1.165) is 6.42 Å². The van der Waals surface area contributed by atoms with Crippen molar-refractivity contribution in [2.75, 3.05) is 25.5 Å². The molecule has 0 heterocycles. The van der Waals surface area contributed by atoms with Crippen LogP contribution in [0.15, 0.2) is 48.5 Å². The smallest absolute Gasteiger partial charge is 0.0361 e. The molecule has 106 valence electrons. The molecule has 0 aliphatic heterocycles. The fourth-order valence-electron chi connectivity index (χ4n) is 2.39. The number of anilines is 1. The Morgan fingerprint density at radius 2 is 1.55 bits per heavy atom. The summed E-state index contributed by atoms with van der Waals surface area (Å²) in [5, 5.41) is 0. The second-order valence-corrected chi connectivity index (χ2v) is 5.61. The summed E-state index contributed by atoms with van der Waals surface area (Å²) in [6.07, 6.45) is 0.998. The fourth-order valence-corrected chi connectivity index (χ4v) is 2.39. The topological polar surface area (TPSA) is 29.3 Å². The van der Waals surface area contributed by atoms with Crippen LogP contribution in [-0.4, -0.2) is 20.6 Å². The Hall–Kier alpha value is -1.80. The van der Waals surface area contributed by atoms with Crippen molar-refractivity contribution in [2.24, 2.45) is 5.73 Å². The van der Waals surface area contributed by atoms with Gasteiger partial charge >= 0.3 is 0 Å². The number of benzene rings is 2. The fraction of sp³-hybridized carbons (Fsp3) is 0.333. The highest BCUT2D eigenvalue weighted by Gasteiger charge is 2.11. The van der Waals surface area contributed by atoms with Gasteiger partial charge in [0.05, 0.1) is 0 Å². The highest BCUT2D eigenvalue weighted by atomic mass is 15.1. The average Bonchev–Trinajstić information content (AvgIpc) is 2.47. The molecule has 0 amide bonds. The molecule has 0 saturated heterocycles. The molecule has 0 aliphatic carbocycles. The molecule has 0 aliphatic rings. The maximum Gasteiger partial charge on any atom is 0.0361 e.